The van der Waals surface area contributed by atoms with Gasteiger partial charge < -0.3 is 10.3 Å². The molecule has 2 rings (SSSR count). The Kier molecular flexibility index (Phi) is 5.24. The van der Waals surface area contributed by atoms with Gasteiger partial charge in [-0.05, 0) is 33.1 Å². The summed E-state index contributed by atoms with van der Waals surface area (Å²) >= 11 is 1.88. The summed E-state index contributed by atoms with van der Waals surface area (Å²) in [5.74, 6) is 3.90. The largest absolute Gasteiger partial charge is 0.328 e. The molecular weight excluding hydrogens is 258 g/mol. The van der Waals surface area contributed by atoms with E-state index in [2.05, 4.69) is 39.9 Å². The van der Waals surface area contributed by atoms with Crippen molar-refractivity contribution in [2.24, 2.45) is 5.73 Å². The first kappa shape index (κ1) is 14.8. The maximum Gasteiger partial charge on any atom is 0.147 e. The van der Waals surface area contributed by atoms with E-state index in [1.54, 1.807) is 0 Å². The molecule has 1 aromatic rings. The zero-order valence-corrected chi connectivity index (χ0v) is 13.0. The Morgan fingerprint density at radius 1 is 1.42 bits per heavy atom. The fourth-order valence-corrected chi connectivity index (χ4v) is 3.05. The molecule has 1 heterocycles. The SMILES string of the molecule is CCn1c(CN(C)CCSC)nnc1C1CC(N)C1. The van der Waals surface area contributed by atoms with Gasteiger partial charge in [0, 0.05) is 30.8 Å². The lowest BCUT2D eigenvalue weighted by molar-refractivity contribution is 0.317. The molecule has 0 aliphatic heterocycles. The minimum Gasteiger partial charge on any atom is -0.328 e. The first-order chi connectivity index (χ1) is 9.15. The molecule has 0 atom stereocenters. The Hall–Kier alpha value is -0.590. The van der Waals surface area contributed by atoms with Gasteiger partial charge in [0.05, 0.1) is 6.54 Å². The second-order valence-electron chi connectivity index (χ2n) is 5.38. The molecule has 0 radical (unpaired) electrons. The second-order valence-corrected chi connectivity index (χ2v) is 6.36. The fraction of sp³-hybridized carbons (Fsp3) is 0.846. The molecule has 0 amide bonds. The monoisotopic (exact) mass is 283 g/mol. The molecule has 0 aromatic carbocycles. The van der Waals surface area contributed by atoms with Crippen LogP contribution in [0.1, 0.15) is 37.3 Å². The Morgan fingerprint density at radius 3 is 2.74 bits per heavy atom. The summed E-state index contributed by atoms with van der Waals surface area (Å²) in [5, 5.41) is 8.79. The van der Waals surface area contributed by atoms with Gasteiger partial charge in [-0.3, -0.25) is 4.90 Å². The van der Waals surface area contributed by atoms with E-state index in [9.17, 15) is 0 Å². The average Bonchev–Trinajstić information content (AvgIpc) is 2.74. The van der Waals surface area contributed by atoms with Crippen LogP contribution in [-0.4, -0.2) is 51.3 Å². The van der Waals surface area contributed by atoms with Crippen molar-refractivity contribution in [3.8, 4) is 0 Å². The quantitative estimate of drug-likeness (QED) is 0.817. The highest BCUT2D eigenvalue weighted by Crippen LogP contribution is 2.34. The van der Waals surface area contributed by atoms with Gasteiger partial charge in [-0.2, -0.15) is 11.8 Å². The van der Waals surface area contributed by atoms with E-state index in [1.165, 1.54) is 0 Å². The molecule has 19 heavy (non-hydrogen) atoms. The third-order valence-electron chi connectivity index (χ3n) is 3.80. The zero-order valence-electron chi connectivity index (χ0n) is 12.2. The van der Waals surface area contributed by atoms with E-state index in [0.717, 1.165) is 49.9 Å². The standard InChI is InChI=1S/C13H25N5S/c1-4-18-12(9-17(2)5-6-19-3)15-16-13(18)10-7-11(14)8-10/h10-11H,4-9,14H2,1-3H3. The number of aromatic nitrogens is 3. The maximum atomic E-state index is 5.87. The van der Waals surface area contributed by atoms with Gasteiger partial charge in [0.1, 0.15) is 11.6 Å². The highest BCUT2D eigenvalue weighted by molar-refractivity contribution is 7.98. The van der Waals surface area contributed by atoms with Crippen LogP contribution in [0.3, 0.4) is 0 Å². The summed E-state index contributed by atoms with van der Waals surface area (Å²) in [7, 11) is 2.14. The third kappa shape index (κ3) is 3.49. The van der Waals surface area contributed by atoms with Crippen LogP contribution in [0.4, 0.5) is 0 Å². The Morgan fingerprint density at radius 2 is 2.16 bits per heavy atom. The van der Waals surface area contributed by atoms with Gasteiger partial charge in [0.2, 0.25) is 0 Å². The molecule has 0 spiro atoms. The smallest absolute Gasteiger partial charge is 0.147 e. The number of nitrogens with two attached hydrogens (primary N) is 1. The highest BCUT2D eigenvalue weighted by Gasteiger charge is 2.31. The second kappa shape index (κ2) is 6.72. The van der Waals surface area contributed by atoms with Crippen molar-refractivity contribution in [2.75, 3.05) is 25.6 Å². The summed E-state index contributed by atoms with van der Waals surface area (Å²) in [6.07, 6.45) is 4.25. The molecule has 108 valence electrons. The minimum atomic E-state index is 0.361. The fourth-order valence-electron chi connectivity index (χ4n) is 2.55. The summed E-state index contributed by atoms with van der Waals surface area (Å²) in [6, 6.07) is 0.361. The Balaban J connectivity index is 2.00. The molecule has 0 unspecified atom stereocenters. The molecule has 5 nitrogen and oxygen atoms in total. The van der Waals surface area contributed by atoms with Crippen molar-refractivity contribution in [2.45, 2.75) is 44.8 Å². The lowest BCUT2D eigenvalue weighted by Crippen LogP contribution is -2.36. The van der Waals surface area contributed by atoms with Crippen molar-refractivity contribution in [1.29, 1.82) is 0 Å². The summed E-state index contributed by atoms with van der Waals surface area (Å²) in [6.45, 7) is 5.07. The van der Waals surface area contributed by atoms with Crippen LogP contribution in [0, 0.1) is 0 Å². The number of hydrogen-bond donors (Lipinski definition) is 1. The van der Waals surface area contributed by atoms with Crippen molar-refractivity contribution < 1.29 is 0 Å². The van der Waals surface area contributed by atoms with Gasteiger partial charge >= 0.3 is 0 Å². The third-order valence-corrected chi connectivity index (χ3v) is 4.39. The van der Waals surface area contributed by atoms with Crippen LogP contribution in [0.5, 0.6) is 0 Å². The lowest BCUT2D eigenvalue weighted by atomic mass is 9.80. The van der Waals surface area contributed by atoms with Gasteiger partial charge in [0.25, 0.3) is 0 Å². The predicted octanol–water partition coefficient (Wildman–Crippen LogP) is 1.30. The Bertz CT molecular complexity index is 400. The normalized spacial score (nSPS) is 22.8. The summed E-state index contributed by atoms with van der Waals surface area (Å²) in [4.78, 5) is 2.31. The molecule has 0 saturated heterocycles. The maximum absolute atomic E-state index is 5.87. The Labute approximate surface area is 119 Å². The van der Waals surface area contributed by atoms with Crippen molar-refractivity contribution in [3.05, 3.63) is 11.6 Å². The number of thioether (sulfide) groups is 1. The predicted molar refractivity (Wildman–Crippen MR) is 80.4 cm³/mol. The molecule has 2 N–H and O–H groups in total. The molecule has 0 bridgehead atoms. The van der Waals surface area contributed by atoms with Gasteiger partial charge in [-0.1, -0.05) is 0 Å². The number of rotatable bonds is 7. The zero-order chi connectivity index (χ0) is 13.8. The van der Waals surface area contributed by atoms with Gasteiger partial charge in [0.15, 0.2) is 0 Å². The number of nitrogens with zero attached hydrogens (tertiary/aromatic N) is 4. The molecule has 1 aromatic heterocycles. The topological polar surface area (TPSA) is 60.0 Å². The highest BCUT2D eigenvalue weighted by atomic mass is 32.2. The molecule has 1 fully saturated rings. The van der Waals surface area contributed by atoms with Crippen molar-refractivity contribution in [3.63, 3.8) is 0 Å². The van der Waals surface area contributed by atoms with Gasteiger partial charge in [-0.25, -0.2) is 0 Å². The van der Waals surface area contributed by atoms with E-state index >= 15 is 0 Å². The average molecular weight is 283 g/mol. The molecule has 1 saturated carbocycles. The van der Waals surface area contributed by atoms with Crippen LogP contribution in [0.25, 0.3) is 0 Å². The van der Waals surface area contributed by atoms with Crippen LogP contribution in [-0.2, 0) is 13.1 Å². The van der Waals surface area contributed by atoms with Crippen molar-refractivity contribution in [1.82, 2.24) is 19.7 Å². The van der Waals surface area contributed by atoms with Gasteiger partial charge in [-0.15, -0.1) is 10.2 Å². The summed E-state index contributed by atoms with van der Waals surface area (Å²) < 4.78 is 2.27. The van der Waals surface area contributed by atoms with E-state index in [0.29, 0.717) is 12.0 Å². The minimum absolute atomic E-state index is 0.361. The van der Waals surface area contributed by atoms with Crippen molar-refractivity contribution >= 4 is 11.8 Å². The first-order valence-corrected chi connectivity index (χ1v) is 8.40. The van der Waals surface area contributed by atoms with Crippen LogP contribution >= 0.6 is 11.8 Å². The summed E-state index contributed by atoms with van der Waals surface area (Å²) in [5.41, 5.74) is 5.87. The molecule has 6 heteroatoms. The van der Waals surface area contributed by atoms with Crippen LogP contribution in [0.15, 0.2) is 0 Å². The molecule has 1 aliphatic carbocycles. The molecular formula is C13H25N5S. The van der Waals surface area contributed by atoms with Crippen LogP contribution < -0.4 is 5.73 Å². The van der Waals surface area contributed by atoms with E-state index < -0.39 is 0 Å². The number of hydrogen-bond acceptors (Lipinski definition) is 5. The molecule has 1 aliphatic rings. The van der Waals surface area contributed by atoms with Crippen LogP contribution in [0.2, 0.25) is 0 Å². The first-order valence-electron chi connectivity index (χ1n) is 7.00. The van der Waals surface area contributed by atoms with E-state index in [4.69, 9.17) is 5.73 Å². The van der Waals surface area contributed by atoms with E-state index in [1.807, 2.05) is 11.8 Å². The lowest BCUT2D eigenvalue weighted by Gasteiger charge is -2.31. The van der Waals surface area contributed by atoms with E-state index in [-0.39, 0.29) is 0 Å².